The van der Waals surface area contributed by atoms with Crippen LogP contribution in [0.5, 0.6) is 0 Å². The van der Waals surface area contributed by atoms with Crippen LogP contribution in [-0.2, 0) is 4.79 Å². The Hall–Kier alpha value is -1.56. The van der Waals surface area contributed by atoms with E-state index < -0.39 is 0 Å². The lowest BCUT2D eigenvalue weighted by atomic mass is 9.97. The summed E-state index contributed by atoms with van der Waals surface area (Å²) >= 11 is 1.49. The maximum atomic E-state index is 13.3. The van der Waals surface area contributed by atoms with E-state index in [0.717, 1.165) is 42.9 Å². The average Bonchev–Trinajstić information content (AvgIpc) is 2.68. The van der Waals surface area contributed by atoms with E-state index in [1.165, 1.54) is 23.9 Å². The van der Waals surface area contributed by atoms with Gasteiger partial charge in [0.25, 0.3) is 0 Å². The molecule has 0 spiro atoms. The number of halogens is 2. The molecule has 6 heteroatoms. The highest BCUT2D eigenvalue weighted by Crippen LogP contribution is 2.37. The number of carbonyl (C=O) groups excluding carboxylic acids is 1. The Labute approximate surface area is 171 Å². The van der Waals surface area contributed by atoms with Crippen LogP contribution in [0.15, 0.2) is 59.5 Å². The van der Waals surface area contributed by atoms with Crippen LogP contribution < -0.4 is 5.32 Å². The van der Waals surface area contributed by atoms with Crippen molar-refractivity contribution in [3.8, 4) is 0 Å². The van der Waals surface area contributed by atoms with Gasteiger partial charge >= 0.3 is 0 Å². The lowest BCUT2D eigenvalue weighted by Gasteiger charge is -2.35. The summed E-state index contributed by atoms with van der Waals surface area (Å²) in [6.07, 6.45) is 2.20. The number of thioether (sulfide) groups is 1. The highest BCUT2D eigenvalue weighted by Gasteiger charge is 2.30. The van der Waals surface area contributed by atoms with Gasteiger partial charge < -0.3 is 10.2 Å². The fraction of sp³-hybridized carbons (Fsp3) is 0.381. The monoisotopic (exact) mass is 408 g/mol. The number of benzene rings is 2. The number of nitrogens with zero attached hydrogens (tertiary/aromatic N) is 1. The van der Waals surface area contributed by atoms with Crippen molar-refractivity contribution in [3.63, 3.8) is 0 Å². The van der Waals surface area contributed by atoms with Gasteiger partial charge in [-0.15, -0.1) is 24.2 Å². The molecule has 0 saturated carbocycles. The molecule has 2 atom stereocenters. The van der Waals surface area contributed by atoms with Crippen molar-refractivity contribution in [1.82, 2.24) is 10.2 Å². The molecule has 1 amide bonds. The van der Waals surface area contributed by atoms with Crippen LogP contribution >= 0.6 is 24.2 Å². The van der Waals surface area contributed by atoms with Crippen LogP contribution in [0.1, 0.15) is 23.7 Å². The van der Waals surface area contributed by atoms with E-state index in [2.05, 4.69) is 5.32 Å². The van der Waals surface area contributed by atoms with Crippen molar-refractivity contribution in [3.05, 3.63) is 66.0 Å². The van der Waals surface area contributed by atoms with E-state index in [0.29, 0.717) is 5.92 Å². The molecule has 146 valence electrons. The number of rotatable bonds is 6. The molecule has 1 saturated heterocycles. The molecule has 0 radical (unpaired) electrons. The van der Waals surface area contributed by atoms with Gasteiger partial charge in [0.1, 0.15) is 11.1 Å². The van der Waals surface area contributed by atoms with Crippen molar-refractivity contribution < 1.29 is 9.18 Å². The lowest BCUT2D eigenvalue weighted by Crippen LogP contribution is -2.44. The molecule has 1 heterocycles. The number of likely N-dealkylation sites (tertiary alicyclic amines) is 1. The largest absolute Gasteiger partial charge is 0.341 e. The number of amides is 1. The van der Waals surface area contributed by atoms with E-state index in [9.17, 15) is 9.18 Å². The minimum Gasteiger partial charge on any atom is -0.341 e. The molecule has 2 aromatic carbocycles. The Balaban J connectivity index is 0.00000261. The molecule has 27 heavy (non-hydrogen) atoms. The van der Waals surface area contributed by atoms with Gasteiger partial charge in [0, 0.05) is 18.0 Å². The van der Waals surface area contributed by atoms with Crippen molar-refractivity contribution >= 4 is 30.1 Å². The highest BCUT2D eigenvalue weighted by atomic mass is 35.5. The number of nitrogens with one attached hydrogen (secondary N) is 1. The molecule has 3 nitrogen and oxygen atoms in total. The molecule has 1 fully saturated rings. The van der Waals surface area contributed by atoms with Crippen LogP contribution in [0.2, 0.25) is 0 Å². The molecule has 0 aliphatic carbocycles. The first-order valence-corrected chi connectivity index (χ1v) is 9.96. The minimum absolute atomic E-state index is 0. The number of hydrogen-bond acceptors (Lipinski definition) is 3. The number of hydrogen-bond donors (Lipinski definition) is 1. The quantitative estimate of drug-likeness (QED) is 0.712. The Morgan fingerprint density at radius 2 is 1.93 bits per heavy atom. The SMILES string of the molecule is CNCC1CCCN(C(=O)C(Sc2ccc(F)cc2)c2ccccc2)C1.Cl. The zero-order valence-corrected chi connectivity index (χ0v) is 17.1. The first-order chi connectivity index (χ1) is 12.7. The molecule has 3 rings (SSSR count). The van der Waals surface area contributed by atoms with Crippen LogP contribution in [0, 0.1) is 11.7 Å². The van der Waals surface area contributed by atoms with Gasteiger partial charge in [-0.25, -0.2) is 4.39 Å². The minimum atomic E-state index is -0.310. The van der Waals surface area contributed by atoms with Crippen LogP contribution in [0.3, 0.4) is 0 Å². The van der Waals surface area contributed by atoms with Gasteiger partial charge in [-0.1, -0.05) is 30.3 Å². The molecule has 2 unspecified atom stereocenters. The third kappa shape index (κ3) is 5.96. The predicted molar refractivity (Wildman–Crippen MR) is 112 cm³/mol. The molecule has 1 N–H and O–H groups in total. The third-order valence-corrected chi connectivity index (χ3v) is 5.97. The van der Waals surface area contributed by atoms with Gasteiger partial charge in [-0.05, 0) is 62.2 Å². The van der Waals surface area contributed by atoms with E-state index in [4.69, 9.17) is 0 Å². The van der Waals surface area contributed by atoms with Gasteiger partial charge in [0.2, 0.25) is 5.91 Å². The second-order valence-corrected chi connectivity index (χ2v) is 7.89. The molecule has 1 aliphatic rings. The predicted octanol–water partition coefficient (Wildman–Crippen LogP) is 4.54. The second-order valence-electron chi connectivity index (χ2n) is 6.71. The summed E-state index contributed by atoms with van der Waals surface area (Å²) < 4.78 is 13.2. The summed E-state index contributed by atoms with van der Waals surface area (Å²) in [5.41, 5.74) is 0.988. The molecular formula is C21H26ClFN2OS. The fourth-order valence-corrected chi connectivity index (χ4v) is 4.53. The van der Waals surface area contributed by atoms with Crippen molar-refractivity contribution in [2.24, 2.45) is 5.92 Å². The molecule has 2 aromatic rings. The third-order valence-electron chi connectivity index (χ3n) is 4.72. The molecule has 0 bridgehead atoms. The Morgan fingerprint density at radius 1 is 1.22 bits per heavy atom. The fourth-order valence-electron chi connectivity index (χ4n) is 3.42. The van der Waals surface area contributed by atoms with E-state index in [-0.39, 0.29) is 29.4 Å². The number of piperidine rings is 1. The van der Waals surface area contributed by atoms with E-state index >= 15 is 0 Å². The molecule has 0 aromatic heterocycles. The van der Waals surface area contributed by atoms with Crippen LogP contribution in [0.4, 0.5) is 4.39 Å². The van der Waals surface area contributed by atoms with Crippen molar-refractivity contribution in [2.75, 3.05) is 26.7 Å². The van der Waals surface area contributed by atoms with E-state index in [1.54, 1.807) is 12.1 Å². The summed E-state index contributed by atoms with van der Waals surface area (Å²) in [7, 11) is 1.96. The van der Waals surface area contributed by atoms with Gasteiger partial charge in [-0.2, -0.15) is 0 Å². The zero-order valence-electron chi connectivity index (χ0n) is 15.4. The van der Waals surface area contributed by atoms with Crippen LogP contribution in [0.25, 0.3) is 0 Å². The maximum Gasteiger partial charge on any atom is 0.240 e. The Morgan fingerprint density at radius 3 is 2.59 bits per heavy atom. The molecule has 1 aliphatic heterocycles. The summed E-state index contributed by atoms with van der Waals surface area (Å²) in [4.78, 5) is 16.2. The second kappa shape index (κ2) is 10.7. The summed E-state index contributed by atoms with van der Waals surface area (Å²) in [6, 6.07) is 16.2. The average molecular weight is 409 g/mol. The lowest BCUT2D eigenvalue weighted by molar-refractivity contribution is -0.132. The standard InChI is InChI=1S/C21H25FN2OS.ClH/c1-23-14-16-6-5-13-24(15-16)21(25)20(17-7-3-2-4-8-17)26-19-11-9-18(22)10-12-19;/h2-4,7-12,16,20,23H,5-6,13-15H2,1H3;1H. The van der Waals surface area contributed by atoms with Crippen molar-refractivity contribution in [2.45, 2.75) is 23.0 Å². The maximum absolute atomic E-state index is 13.3. The Bertz CT molecular complexity index is 712. The first kappa shape index (κ1) is 21.7. The van der Waals surface area contributed by atoms with E-state index in [1.807, 2.05) is 42.3 Å². The highest BCUT2D eigenvalue weighted by molar-refractivity contribution is 8.00. The smallest absolute Gasteiger partial charge is 0.240 e. The van der Waals surface area contributed by atoms with Crippen molar-refractivity contribution in [1.29, 1.82) is 0 Å². The summed E-state index contributed by atoms with van der Waals surface area (Å²) in [5.74, 6) is 0.388. The van der Waals surface area contributed by atoms with Gasteiger partial charge in [0.05, 0.1) is 0 Å². The normalized spacial score (nSPS) is 17.9. The summed E-state index contributed by atoms with van der Waals surface area (Å²) in [6.45, 7) is 2.55. The first-order valence-electron chi connectivity index (χ1n) is 9.08. The topological polar surface area (TPSA) is 32.3 Å². The van der Waals surface area contributed by atoms with Crippen LogP contribution in [-0.4, -0.2) is 37.5 Å². The summed E-state index contributed by atoms with van der Waals surface area (Å²) in [5, 5.41) is 2.91. The zero-order chi connectivity index (χ0) is 18.4. The van der Waals surface area contributed by atoms with Gasteiger partial charge in [-0.3, -0.25) is 4.79 Å². The molecular weight excluding hydrogens is 383 g/mol. The number of carbonyl (C=O) groups is 1. The Kier molecular flexibility index (Phi) is 8.61. The van der Waals surface area contributed by atoms with Gasteiger partial charge in [0.15, 0.2) is 0 Å².